The summed E-state index contributed by atoms with van der Waals surface area (Å²) >= 11 is 3.53. The van der Waals surface area contributed by atoms with Crippen LogP contribution in [0.2, 0.25) is 0 Å². The Labute approximate surface area is 139 Å². The van der Waals surface area contributed by atoms with Gasteiger partial charge in [-0.25, -0.2) is 0 Å². The van der Waals surface area contributed by atoms with E-state index in [1.165, 1.54) is 48.6 Å². The second-order valence-corrected chi connectivity index (χ2v) is 8.54. The minimum absolute atomic E-state index is 0.215. The highest BCUT2D eigenvalue weighted by molar-refractivity contribution is 9.10. The van der Waals surface area contributed by atoms with Gasteiger partial charge in [-0.15, -0.1) is 0 Å². The third kappa shape index (κ3) is 6.12. The molecule has 1 unspecified atom stereocenters. The minimum atomic E-state index is 0.215. The summed E-state index contributed by atoms with van der Waals surface area (Å²) in [5.74, 6) is 1.67. The van der Waals surface area contributed by atoms with Crippen LogP contribution in [0.5, 0.6) is 0 Å². The van der Waals surface area contributed by atoms with Gasteiger partial charge < -0.3 is 5.32 Å². The molecular formula is C19H30BrN. The first-order valence-corrected chi connectivity index (χ1v) is 9.23. The average Bonchev–Trinajstić information content (AvgIpc) is 2.45. The van der Waals surface area contributed by atoms with Crippen molar-refractivity contribution in [1.82, 2.24) is 5.32 Å². The topological polar surface area (TPSA) is 12.0 Å². The summed E-state index contributed by atoms with van der Waals surface area (Å²) in [5, 5.41) is 3.74. The van der Waals surface area contributed by atoms with Gasteiger partial charge in [0.2, 0.25) is 0 Å². The summed E-state index contributed by atoms with van der Waals surface area (Å²) in [6, 6.07) is 8.89. The number of hydrogen-bond acceptors (Lipinski definition) is 1. The zero-order valence-corrected chi connectivity index (χ0v) is 15.4. The van der Waals surface area contributed by atoms with E-state index in [1.54, 1.807) is 0 Å². The van der Waals surface area contributed by atoms with E-state index >= 15 is 0 Å². The molecule has 1 saturated carbocycles. The second kappa shape index (κ2) is 7.78. The van der Waals surface area contributed by atoms with Crippen molar-refractivity contribution in [1.29, 1.82) is 0 Å². The summed E-state index contributed by atoms with van der Waals surface area (Å²) in [4.78, 5) is 0. The predicted molar refractivity (Wildman–Crippen MR) is 95.7 cm³/mol. The molecule has 0 radical (unpaired) electrons. The van der Waals surface area contributed by atoms with Crippen LogP contribution in [-0.2, 0) is 6.42 Å². The first kappa shape index (κ1) is 17.0. The fraction of sp³-hybridized carbons (Fsp3) is 0.684. The van der Waals surface area contributed by atoms with Crippen LogP contribution in [0.1, 0.15) is 58.4 Å². The van der Waals surface area contributed by atoms with Crippen molar-refractivity contribution in [3.05, 3.63) is 34.3 Å². The molecule has 0 bridgehead atoms. The van der Waals surface area contributed by atoms with Crippen molar-refractivity contribution in [2.24, 2.45) is 11.8 Å². The van der Waals surface area contributed by atoms with E-state index in [0.717, 1.165) is 18.4 Å². The molecule has 1 N–H and O–H groups in total. The highest BCUT2D eigenvalue weighted by Gasteiger charge is 2.25. The molecule has 1 fully saturated rings. The van der Waals surface area contributed by atoms with E-state index in [4.69, 9.17) is 0 Å². The number of halogens is 1. The smallest absolute Gasteiger partial charge is 0.0175 e. The Balaban J connectivity index is 2.01. The molecule has 2 rings (SSSR count). The zero-order chi connectivity index (χ0) is 15.3. The van der Waals surface area contributed by atoms with Gasteiger partial charge in [0, 0.05) is 10.0 Å². The molecule has 0 aliphatic heterocycles. The predicted octanol–water partition coefficient (Wildman–Crippen LogP) is 5.58. The average molecular weight is 352 g/mol. The molecule has 1 atom stereocenters. The van der Waals surface area contributed by atoms with E-state index < -0.39 is 0 Å². The number of benzene rings is 1. The SMILES string of the molecule is CC(C)(C)NCC(Cc1ccc(Br)cc1)C1CCCCC1. The molecule has 0 heterocycles. The Bertz CT molecular complexity index is 412. The van der Waals surface area contributed by atoms with Crippen LogP contribution in [0.15, 0.2) is 28.7 Å². The Morgan fingerprint density at radius 3 is 2.29 bits per heavy atom. The standard InChI is InChI=1S/C19H30BrN/c1-19(2,3)21-14-17(16-7-5-4-6-8-16)13-15-9-11-18(20)12-10-15/h9-12,16-17,21H,4-8,13-14H2,1-3H3. The van der Waals surface area contributed by atoms with Crippen molar-refractivity contribution in [2.75, 3.05) is 6.54 Å². The van der Waals surface area contributed by atoms with Crippen LogP contribution < -0.4 is 5.32 Å². The lowest BCUT2D eigenvalue weighted by Gasteiger charge is -2.33. The maximum atomic E-state index is 3.74. The van der Waals surface area contributed by atoms with Gasteiger partial charge in [-0.2, -0.15) is 0 Å². The van der Waals surface area contributed by atoms with E-state index in [0.29, 0.717) is 0 Å². The van der Waals surface area contributed by atoms with Gasteiger partial charge in [0.1, 0.15) is 0 Å². The van der Waals surface area contributed by atoms with Crippen LogP contribution in [0.3, 0.4) is 0 Å². The molecule has 1 aromatic carbocycles. The van der Waals surface area contributed by atoms with Crippen molar-refractivity contribution < 1.29 is 0 Å². The zero-order valence-electron chi connectivity index (χ0n) is 13.8. The van der Waals surface area contributed by atoms with Gasteiger partial charge in [0.05, 0.1) is 0 Å². The molecule has 1 aliphatic carbocycles. The van der Waals surface area contributed by atoms with Crippen LogP contribution in [-0.4, -0.2) is 12.1 Å². The van der Waals surface area contributed by atoms with E-state index in [2.05, 4.69) is 66.3 Å². The van der Waals surface area contributed by atoms with Crippen LogP contribution in [0.25, 0.3) is 0 Å². The fourth-order valence-corrected chi connectivity index (χ4v) is 3.64. The Morgan fingerprint density at radius 1 is 1.10 bits per heavy atom. The molecule has 2 heteroatoms. The Morgan fingerprint density at radius 2 is 1.71 bits per heavy atom. The monoisotopic (exact) mass is 351 g/mol. The lowest BCUT2D eigenvalue weighted by atomic mass is 9.77. The van der Waals surface area contributed by atoms with Crippen molar-refractivity contribution in [3.63, 3.8) is 0 Å². The van der Waals surface area contributed by atoms with Crippen molar-refractivity contribution >= 4 is 15.9 Å². The second-order valence-electron chi connectivity index (χ2n) is 7.62. The third-order valence-electron chi connectivity index (χ3n) is 4.62. The Hall–Kier alpha value is -0.340. The van der Waals surface area contributed by atoms with Gasteiger partial charge in [-0.3, -0.25) is 0 Å². The largest absolute Gasteiger partial charge is 0.312 e. The molecule has 21 heavy (non-hydrogen) atoms. The van der Waals surface area contributed by atoms with Gasteiger partial charge in [-0.1, -0.05) is 60.2 Å². The highest BCUT2D eigenvalue weighted by Crippen LogP contribution is 2.32. The fourth-order valence-electron chi connectivity index (χ4n) is 3.37. The third-order valence-corrected chi connectivity index (χ3v) is 5.15. The summed E-state index contributed by atoms with van der Waals surface area (Å²) in [6.07, 6.45) is 8.35. The van der Waals surface area contributed by atoms with E-state index in [9.17, 15) is 0 Å². The molecule has 0 spiro atoms. The number of nitrogens with one attached hydrogen (secondary N) is 1. The lowest BCUT2D eigenvalue weighted by Crippen LogP contribution is -2.41. The minimum Gasteiger partial charge on any atom is -0.312 e. The van der Waals surface area contributed by atoms with E-state index in [-0.39, 0.29) is 5.54 Å². The lowest BCUT2D eigenvalue weighted by molar-refractivity contribution is 0.225. The normalized spacial score (nSPS) is 18.7. The quantitative estimate of drug-likeness (QED) is 0.730. The van der Waals surface area contributed by atoms with Crippen LogP contribution >= 0.6 is 15.9 Å². The molecule has 1 aromatic rings. The summed E-state index contributed by atoms with van der Waals surface area (Å²) in [7, 11) is 0. The van der Waals surface area contributed by atoms with E-state index in [1.807, 2.05) is 0 Å². The number of hydrogen-bond donors (Lipinski definition) is 1. The molecular weight excluding hydrogens is 322 g/mol. The van der Waals surface area contributed by atoms with Crippen LogP contribution in [0.4, 0.5) is 0 Å². The van der Waals surface area contributed by atoms with Crippen LogP contribution in [0, 0.1) is 11.8 Å². The van der Waals surface area contributed by atoms with Gasteiger partial charge in [-0.05, 0) is 63.3 Å². The van der Waals surface area contributed by atoms with Gasteiger partial charge in [0.25, 0.3) is 0 Å². The van der Waals surface area contributed by atoms with Gasteiger partial charge >= 0.3 is 0 Å². The molecule has 1 nitrogen and oxygen atoms in total. The van der Waals surface area contributed by atoms with Crippen molar-refractivity contribution in [3.8, 4) is 0 Å². The summed E-state index contributed by atoms with van der Waals surface area (Å²) in [5.41, 5.74) is 1.69. The molecule has 0 amide bonds. The Kier molecular flexibility index (Phi) is 6.31. The van der Waals surface area contributed by atoms with Crippen molar-refractivity contribution in [2.45, 2.75) is 64.8 Å². The first-order valence-electron chi connectivity index (χ1n) is 8.43. The maximum Gasteiger partial charge on any atom is 0.0175 e. The van der Waals surface area contributed by atoms with Gasteiger partial charge in [0.15, 0.2) is 0 Å². The molecule has 118 valence electrons. The summed E-state index contributed by atoms with van der Waals surface area (Å²) in [6.45, 7) is 7.95. The molecule has 0 saturated heterocycles. The molecule has 0 aromatic heterocycles. The maximum absolute atomic E-state index is 3.74. The first-order chi connectivity index (χ1) is 9.94. The highest BCUT2D eigenvalue weighted by atomic mass is 79.9. The number of rotatable bonds is 5. The molecule has 1 aliphatic rings. The summed E-state index contributed by atoms with van der Waals surface area (Å²) < 4.78 is 1.17.